The largest absolute Gasteiger partial charge is 0.490 e. The van der Waals surface area contributed by atoms with Gasteiger partial charge in [-0.3, -0.25) is 4.72 Å². The van der Waals surface area contributed by atoms with Crippen molar-refractivity contribution in [2.45, 2.75) is 30.6 Å². The van der Waals surface area contributed by atoms with Crippen LogP contribution in [0.1, 0.15) is 24.0 Å². The first-order valence-electron chi connectivity index (χ1n) is 8.27. The molecule has 2 aliphatic rings. The molecule has 0 aromatic heterocycles. The predicted octanol–water partition coefficient (Wildman–Crippen LogP) is 3.79. The molecular formula is C18H18ClNO4S. The summed E-state index contributed by atoms with van der Waals surface area (Å²) in [6, 6.07) is 8.45. The molecule has 25 heavy (non-hydrogen) atoms. The first-order chi connectivity index (χ1) is 12.0. The normalized spacial score (nSPS) is 16.2. The highest BCUT2D eigenvalue weighted by Crippen LogP contribution is 2.38. The zero-order chi connectivity index (χ0) is 17.4. The van der Waals surface area contributed by atoms with Crippen molar-refractivity contribution in [3.8, 4) is 11.5 Å². The molecule has 7 heteroatoms. The summed E-state index contributed by atoms with van der Waals surface area (Å²) in [5.41, 5.74) is 2.62. The SMILES string of the molecule is O=S(=O)(Nc1cc2c(cc1Cl)OCCCO2)c1ccc2c(c1)CCC2. The highest BCUT2D eigenvalue weighted by Gasteiger charge is 2.21. The molecule has 0 fully saturated rings. The molecule has 0 saturated carbocycles. The average Bonchev–Trinajstić information content (AvgIpc) is 2.94. The predicted molar refractivity (Wildman–Crippen MR) is 96.3 cm³/mol. The molecule has 2 aromatic carbocycles. The van der Waals surface area contributed by atoms with Crippen LogP contribution in [-0.4, -0.2) is 21.6 Å². The number of fused-ring (bicyclic) bond motifs is 2. The second-order valence-electron chi connectivity index (χ2n) is 6.22. The van der Waals surface area contributed by atoms with E-state index in [0.717, 1.165) is 31.2 Å². The third kappa shape index (κ3) is 3.28. The van der Waals surface area contributed by atoms with Gasteiger partial charge < -0.3 is 9.47 Å². The molecule has 1 N–H and O–H groups in total. The van der Waals surface area contributed by atoms with Gasteiger partial charge in [-0.05, 0) is 42.5 Å². The van der Waals surface area contributed by atoms with Crippen molar-refractivity contribution in [2.24, 2.45) is 0 Å². The van der Waals surface area contributed by atoms with Crippen LogP contribution >= 0.6 is 11.6 Å². The van der Waals surface area contributed by atoms with Crippen LogP contribution in [0.15, 0.2) is 35.2 Å². The molecule has 1 heterocycles. The standard InChI is InChI=1S/C18H18ClNO4S/c19-15-10-17-18(24-8-2-7-23-17)11-16(15)20-25(21,22)14-6-5-12-3-1-4-13(12)9-14/h5-6,9-11,20H,1-4,7-8H2. The molecule has 0 amide bonds. The molecule has 0 radical (unpaired) electrons. The van der Waals surface area contributed by atoms with Gasteiger partial charge in [-0.15, -0.1) is 0 Å². The lowest BCUT2D eigenvalue weighted by molar-refractivity contribution is 0.297. The van der Waals surface area contributed by atoms with E-state index >= 15 is 0 Å². The van der Waals surface area contributed by atoms with E-state index in [4.69, 9.17) is 21.1 Å². The maximum absolute atomic E-state index is 12.7. The van der Waals surface area contributed by atoms with Gasteiger partial charge in [0.15, 0.2) is 11.5 Å². The van der Waals surface area contributed by atoms with Crippen molar-refractivity contribution in [2.75, 3.05) is 17.9 Å². The number of hydrogen-bond acceptors (Lipinski definition) is 4. The van der Waals surface area contributed by atoms with Crippen molar-refractivity contribution in [3.63, 3.8) is 0 Å². The lowest BCUT2D eigenvalue weighted by Gasteiger charge is -2.14. The van der Waals surface area contributed by atoms with Crippen LogP contribution in [0.4, 0.5) is 5.69 Å². The Balaban J connectivity index is 1.66. The van der Waals surface area contributed by atoms with E-state index in [1.807, 2.05) is 6.07 Å². The van der Waals surface area contributed by atoms with E-state index < -0.39 is 10.0 Å². The molecule has 0 atom stereocenters. The Morgan fingerprint density at radius 1 is 0.920 bits per heavy atom. The Morgan fingerprint density at radius 3 is 2.44 bits per heavy atom. The average molecular weight is 380 g/mol. The summed E-state index contributed by atoms with van der Waals surface area (Å²) in [7, 11) is -3.72. The van der Waals surface area contributed by atoms with E-state index in [0.29, 0.717) is 24.7 Å². The van der Waals surface area contributed by atoms with Gasteiger partial charge in [-0.1, -0.05) is 17.7 Å². The fourth-order valence-electron chi connectivity index (χ4n) is 3.18. The zero-order valence-corrected chi connectivity index (χ0v) is 15.1. The van der Waals surface area contributed by atoms with Gasteiger partial charge in [0.25, 0.3) is 10.0 Å². The number of sulfonamides is 1. The topological polar surface area (TPSA) is 64.6 Å². The molecule has 0 bridgehead atoms. The maximum Gasteiger partial charge on any atom is 0.261 e. The summed E-state index contributed by atoms with van der Waals surface area (Å²) < 4.78 is 39.2. The number of benzene rings is 2. The number of nitrogens with one attached hydrogen (secondary N) is 1. The highest BCUT2D eigenvalue weighted by molar-refractivity contribution is 7.92. The molecule has 0 saturated heterocycles. The Hall–Kier alpha value is -1.92. The van der Waals surface area contributed by atoms with Gasteiger partial charge >= 0.3 is 0 Å². The van der Waals surface area contributed by atoms with E-state index in [-0.39, 0.29) is 15.6 Å². The summed E-state index contributed by atoms with van der Waals surface area (Å²) in [5.74, 6) is 1.02. The third-order valence-corrected chi connectivity index (χ3v) is 6.14. The molecular weight excluding hydrogens is 362 g/mol. The fraction of sp³-hybridized carbons (Fsp3) is 0.333. The Morgan fingerprint density at radius 2 is 1.64 bits per heavy atom. The van der Waals surface area contributed by atoms with E-state index in [1.54, 1.807) is 24.3 Å². The van der Waals surface area contributed by atoms with Crippen LogP contribution in [0.5, 0.6) is 11.5 Å². The number of hydrogen-bond donors (Lipinski definition) is 1. The van der Waals surface area contributed by atoms with Gasteiger partial charge in [0, 0.05) is 18.6 Å². The van der Waals surface area contributed by atoms with E-state index in [1.165, 1.54) is 5.56 Å². The summed E-state index contributed by atoms with van der Waals surface area (Å²) >= 11 is 6.24. The third-order valence-electron chi connectivity index (χ3n) is 4.46. The molecule has 0 spiro atoms. The Bertz CT molecular complexity index is 927. The molecule has 1 aliphatic heterocycles. The molecule has 2 aromatic rings. The Labute approximate surface area is 152 Å². The molecule has 1 aliphatic carbocycles. The van der Waals surface area contributed by atoms with Gasteiger partial charge in [0.1, 0.15) is 0 Å². The van der Waals surface area contributed by atoms with Gasteiger partial charge in [0.05, 0.1) is 28.8 Å². The number of halogens is 1. The first-order valence-corrected chi connectivity index (χ1v) is 10.1. The number of aryl methyl sites for hydroxylation is 2. The monoisotopic (exact) mass is 379 g/mol. The van der Waals surface area contributed by atoms with Crippen molar-refractivity contribution in [1.82, 2.24) is 0 Å². The van der Waals surface area contributed by atoms with Crippen LogP contribution < -0.4 is 14.2 Å². The van der Waals surface area contributed by atoms with Crippen molar-refractivity contribution < 1.29 is 17.9 Å². The first kappa shape index (κ1) is 16.5. The van der Waals surface area contributed by atoms with Gasteiger partial charge in [0.2, 0.25) is 0 Å². The second-order valence-corrected chi connectivity index (χ2v) is 8.31. The van der Waals surface area contributed by atoms with Crippen molar-refractivity contribution in [3.05, 3.63) is 46.5 Å². The van der Waals surface area contributed by atoms with Crippen LogP contribution in [0, 0.1) is 0 Å². The number of anilines is 1. The van der Waals surface area contributed by atoms with Crippen molar-refractivity contribution >= 4 is 27.3 Å². The molecule has 4 rings (SSSR count). The minimum absolute atomic E-state index is 0.247. The molecule has 132 valence electrons. The molecule has 5 nitrogen and oxygen atoms in total. The lowest BCUT2D eigenvalue weighted by atomic mass is 10.1. The van der Waals surface area contributed by atoms with E-state index in [9.17, 15) is 8.42 Å². The van der Waals surface area contributed by atoms with E-state index in [2.05, 4.69) is 4.72 Å². The van der Waals surface area contributed by atoms with Crippen molar-refractivity contribution in [1.29, 1.82) is 0 Å². The van der Waals surface area contributed by atoms with Crippen LogP contribution in [0.3, 0.4) is 0 Å². The van der Waals surface area contributed by atoms with Crippen LogP contribution in [-0.2, 0) is 22.9 Å². The summed E-state index contributed by atoms with van der Waals surface area (Å²) in [4.78, 5) is 0.247. The van der Waals surface area contributed by atoms with Crippen LogP contribution in [0.2, 0.25) is 5.02 Å². The fourth-order valence-corrected chi connectivity index (χ4v) is 4.56. The number of rotatable bonds is 3. The minimum Gasteiger partial charge on any atom is -0.490 e. The summed E-state index contributed by atoms with van der Waals surface area (Å²) in [6.45, 7) is 1.06. The molecule has 0 unspecified atom stereocenters. The Kier molecular flexibility index (Phi) is 4.25. The van der Waals surface area contributed by atoms with Gasteiger partial charge in [-0.2, -0.15) is 0 Å². The number of ether oxygens (including phenoxy) is 2. The summed E-state index contributed by atoms with van der Waals surface area (Å²) in [6.07, 6.45) is 3.77. The smallest absolute Gasteiger partial charge is 0.261 e. The van der Waals surface area contributed by atoms with Crippen LogP contribution in [0.25, 0.3) is 0 Å². The second kappa shape index (κ2) is 6.42. The maximum atomic E-state index is 12.7. The minimum atomic E-state index is -3.72. The summed E-state index contributed by atoms with van der Waals surface area (Å²) in [5, 5.41) is 0.272. The zero-order valence-electron chi connectivity index (χ0n) is 13.5. The highest BCUT2D eigenvalue weighted by atomic mass is 35.5. The van der Waals surface area contributed by atoms with Gasteiger partial charge in [-0.25, -0.2) is 8.42 Å². The quantitative estimate of drug-likeness (QED) is 0.881. The lowest BCUT2D eigenvalue weighted by Crippen LogP contribution is -2.14.